The fourth-order valence-corrected chi connectivity index (χ4v) is 3.46. The number of nitrogens with one attached hydrogen (secondary N) is 2. The van der Waals surface area contributed by atoms with Crippen LogP contribution in [0.15, 0.2) is 27.9 Å². The van der Waals surface area contributed by atoms with Crippen LogP contribution in [-0.2, 0) is 6.54 Å². The lowest BCUT2D eigenvalue weighted by Crippen LogP contribution is -2.38. The Kier molecular flexibility index (Phi) is 5.64. The molecule has 1 fully saturated rings. The van der Waals surface area contributed by atoms with Crippen molar-refractivity contribution in [3.63, 3.8) is 0 Å². The largest absolute Gasteiger partial charge is 0.348 e. The molecule has 0 spiro atoms. The molecule has 2 N–H and O–H groups in total. The highest BCUT2D eigenvalue weighted by molar-refractivity contribution is 5.95. The maximum atomic E-state index is 12.8. The molecule has 1 amide bonds. The fourth-order valence-electron chi connectivity index (χ4n) is 3.46. The Morgan fingerprint density at radius 2 is 2.07 bits per heavy atom. The number of aromatic nitrogens is 3. The molecule has 0 unspecified atom stereocenters. The van der Waals surface area contributed by atoms with Gasteiger partial charge in [0.05, 0.1) is 5.69 Å². The summed E-state index contributed by atoms with van der Waals surface area (Å²) in [7, 11) is 5.59. The number of anilines is 1. The van der Waals surface area contributed by atoms with Crippen molar-refractivity contribution < 1.29 is 4.79 Å². The normalized spacial score (nSPS) is 16.6. The second-order valence-corrected chi connectivity index (χ2v) is 7.43. The molecular formula is C19H26N6O3. The van der Waals surface area contributed by atoms with E-state index in [1.807, 2.05) is 21.1 Å². The lowest BCUT2D eigenvalue weighted by molar-refractivity contribution is 0.0777. The van der Waals surface area contributed by atoms with E-state index in [0.29, 0.717) is 36.8 Å². The third-order valence-corrected chi connectivity index (χ3v) is 5.07. The lowest BCUT2D eigenvalue weighted by Gasteiger charge is -2.24. The van der Waals surface area contributed by atoms with Gasteiger partial charge in [0.2, 0.25) is 5.95 Å². The first-order chi connectivity index (χ1) is 13.3. The number of likely N-dealkylation sites (tertiary alicyclic amines) is 1. The van der Waals surface area contributed by atoms with Crippen molar-refractivity contribution in [2.45, 2.75) is 25.9 Å². The van der Waals surface area contributed by atoms with Crippen LogP contribution in [0.2, 0.25) is 0 Å². The molecular weight excluding hydrogens is 360 g/mol. The van der Waals surface area contributed by atoms with E-state index in [4.69, 9.17) is 0 Å². The van der Waals surface area contributed by atoms with Crippen LogP contribution >= 0.6 is 0 Å². The predicted molar refractivity (Wildman–Crippen MR) is 107 cm³/mol. The zero-order valence-corrected chi connectivity index (χ0v) is 16.7. The molecule has 28 heavy (non-hydrogen) atoms. The maximum Gasteiger partial charge on any atom is 0.261 e. The first kappa shape index (κ1) is 19.8. The number of carbonyl (C=O) groups is 1. The van der Waals surface area contributed by atoms with Crippen LogP contribution in [0.25, 0.3) is 0 Å². The van der Waals surface area contributed by atoms with Gasteiger partial charge < -0.3 is 14.8 Å². The molecule has 0 aromatic carbocycles. The minimum Gasteiger partial charge on any atom is -0.348 e. The molecule has 2 aromatic heterocycles. The van der Waals surface area contributed by atoms with Gasteiger partial charge in [-0.1, -0.05) is 0 Å². The van der Waals surface area contributed by atoms with Crippen LogP contribution in [0.4, 0.5) is 5.95 Å². The van der Waals surface area contributed by atoms with E-state index in [2.05, 4.69) is 19.9 Å². The number of likely N-dealkylation sites (N-methyl/N-ethyl adjacent to an activating group) is 1. The standard InChI is InChI=1S/C19H26N6O3/c1-12-5-7-20-17(27)16(12)18(28)25-8-6-14(11-25)24(4)10-13-9-15(26)22-19(21-13)23(2)3/h5,7,9,14H,6,8,10-11H2,1-4H3,(H,20,27)(H,21,22,26)/t14-/m1/s1. The van der Waals surface area contributed by atoms with Crippen molar-refractivity contribution in [2.24, 2.45) is 0 Å². The summed E-state index contributed by atoms with van der Waals surface area (Å²) in [5.74, 6) is 0.275. The number of H-pyrrole nitrogens is 2. The maximum absolute atomic E-state index is 12.8. The Balaban J connectivity index is 1.69. The van der Waals surface area contributed by atoms with Crippen LogP contribution in [0.5, 0.6) is 0 Å². The summed E-state index contributed by atoms with van der Waals surface area (Å²) in [6, 6.07) is 3.36. The molecule has 3 rings (SSSR count). The van der Waals surface area contributed by atoms with Gasteiger partial charge in [0.25, 0.3) is 17.0 Å². The van der Waals surface area contributed by atoms with Gasteiger partial charge in [-0.2, -0.15) is 0 Å². The summed E-state index contributed by atoms with van der Waals surface area (Å²) in [6.45, 7) is 3.39. The van der Waals surface area contributed by atoms with Crippen molar-refractivity contribution in [3.8, 4) is 0 Å². The SMILES string of the molecule is Cc1cc[nH]c(=O)c1C(=O)N1CC[C@@H](N(C)Cc2cc(=O)[nH]c(N(C)C)n2)C1. The lowest BCUT2D eigenvalue weighted by atomic mass is 10.1. The number of aromatic amines is 2. The quantitative estimate of drug-likeness (QED) is 0.759. The van der Waals surface area contributed by atoms with E-state index in [-0.39, 0.29) is 28.6 Å². The van der Waals surface area contributed by atoms with Crippen LogP contribution in [0.1, 0.15) is 28.0 Å². The average Bonchev–Trinajstić information content (AvgIpc) is 3.11. The zero-order chi connectivity index (χ0) is 20.4. The Morgan fingerprint density at radius 3 is 2.75 bits per heavy atom. The molecule has 1 saturated heterocycles. The van der Waals surface area contributed by atoms with Crippen molar-refractivity contribution in [1.82, 2.24) is 24.8 Å². The highest BCUT2D eigenvalue weighted by atomic mass is 16.2. The highest BCUT2D eigenvalue weighted by Gasteiger charge is 2.31. The third-order valence-electron chi connectivity index (χ3n) is 5.07. The number of nitrogens with zero attached hydrogens (tertiary/aromatic N) is 4. The Bertz CT molecular complexity index is 980. The zero-order valence-electron chi connectivity index (χ0n) is 16.7. The first-order valence-corrected chi connectivity index (χ1v) is 9.21. The van der Waals surface area contributed by atoms with Gasteiger partial charge in [0, 0.05) is 52.0 Å². The van der Waals surface area contributed by atoms with Crippen molar-refractivity contribution in [1.29, 1.82) is 0 Å². The van der Waals surface area contributed by atoms with Crippen LogP contribution in [-0.4, -0.2) is 70.9 Å². The van der Waals surface area contributed by atoms with Crippen molar-refractivity contribution in [2.75, 3.05) is 39.1 Å². The molecule has 9 heteroatoms. The van der Waals surface area contributed by atoms with Gasteiger partial charge in [0.15, 0.2) is 0 Å². The summed E-state index contributed by atoms with van der Waals surface area (Å²) in [5.41, 5.74) is 1.01. The van der Waals surface area contributed by atoms with Gasteiger partial charge in [-0.05, 0) is 32.0 Å². The number of hydrogen-bond acceptors (Lipinski definition) is 6. The second-order valence-electron chi connectivity index (χ2n) is 7.43. The van der Waals surface area contributed by atoms with E-state index in [0.717, 1.165) is 6.42 Å². The summed E-state index contributed by atoms with van der Waals surface area (Å²) < 4.78 is 0. The van der Waals surface area contributed by atoms with Gasteiger partial charge in [-0.25, -0.2) is 4.98 Å². The Hall–Kier alpha value is -2.94. The summed E-state index contributed by atoms with van der Waals surface area (Å²) >= 11 is 0. The van der Waals surface area contributed by atoms with Gasteiger partial charge in [-0.3, -0.25) is 24.3 Å². The van der Waals surface area contributed by atoms with Gasteiger partial charge >= 0.3 is 0 Å². The monoisotopic (exact) mass is 386 g/mol. The van der Waals surface area contributed by atoms with E-state index < -0.39 is 0 Å². The highest BCUT2D eigenvalue weighted by Crippen LogP contribution is 2.18. The molecule has 1 atom stereocenters. The Morgan fingerprint density at radius 1 is 1.32 bits per heavy atom. The number of hydrogen-bond donors (Lipinski definition) is 2. The van der Waals surface area contributed by atoms with Gasteiger partial charge in [0.1, 0.15) is 5.56 Å². The number of amides is 1. The minimum absolute atomic E-state index is 0.135. The van der Waals surface area contributed by atoms with Crippen LogP contribution in [0, 0.1) is 6.92 Å². The molecule has 1 aliphatic heterocycles. The number of carbonyl (C=O) groups excluding carboxylic acids is 1. The molecule has 9 nitrogen and oxygen atoms in total. The molecule has 0 saturated carbocycles. The smallest absolute Gasteiger partial charge is 0.261 e. The first-order valence-electron chi connectivity index (χ1n) is 9.21. The predicted octanol–water partition coefficient (Wildman–Crippen LogP) is 0.179. The fraction of sp³-hybridized carbons (Fsp3) is 0.474. The summed E-state index contributed by atoms with van der Waals surface area (Å²) in [5, 5.41) is 0. The van der Waals surface area contributed by atoms with E-state index in [1.165, 1.54) is 6.07 Å². The molecule has 0 aliphatic carbocycles. The number of pyridine rings is 1. The molecule has 0 radical (unpaired) electrons. The van der Waals surface area contributed by atoms with E-state index >= 15 is 0 Å². The molecule has 1 aliphatic rings. The minimum atomic E-state index is -0.356. The van der Waals surface area contributed by atoms with Crippen molar-refractivity contribution >= 4 is 11.9 Å². The molecule has 0 bridgehead atoms. The van der Waals surface area contributed by atoms with Crippen molar-refractivity contribution in [3.05, 3.63) is 55.9 Å². The van der Waals surface area contributed by atoms with Crippen LogP contribution in [0.3, 0.4) is 0 Å². The number of rotatable bonds is 5. The van der Waals surface area contributed by atoms with E-state index in [9.17, 15) is 14.4 Å². The second kappa shape index (κ2) is 7.97. The Labute approximate surface area is 163 Å². The summed E-state index contributed by atoms with van der Waals surface area (Å²) in [4.78, 5) is 52.0. The van der Waals surface area contributed by atoms with Gasteiger partial charge in [-0.15, -0.1) is 0 Å². The topological polar surface area (TPSA) is 105 Å². The third kappa shape index (κ3) is 4.14. The average molecular weight is 386 g/mol. The summed E-state index contributed by atoms with van der Waals surface area (Å²) in [6.07, 6.45) is 2.35. The van der Waals surface area contributed by atoms with Crippen LogP contribution < -0.4 is 16.0 Å². The molecule has 3 heterocycles. The number of aryl methyl sites for hydroxylation is 1. The molecule has 150 valence electrons. The van der Waals surface area contributed by atoms with E-state index in [1.54, 1.807) is 29.0 Å². The molecule has 2 aromatic rings.